The molecule has 1 aliphatic heterocycles. The number of nitrogens with zero attached hydrogens (tertiary/aromatic N) is 1. The van der Waals surface area contributed by atoms with E-state index in [1.54, 1.807) is 6.07 Å². The highest BCUT2D eigenvalue weighted by atomic mass is 79.9. The molecular formula is C13H19BrN2O3. The van der Waals surface area contributed by atoms with Crippen molar-refractivity contribution in [2.24, 2.45) is 0 Å². The number of carbonyl (C=O) groups is 1. The predicted molar refractivity (Wildman–Crippen MR) is 75.1 cm³/mol. The number of nitrogens with one attached hydrogen (secondary N) is 1. The fourth-order valence-corrected chi connectivity index (χ4v) is 2.63. The van der Waals surface area contributed by atoms with Crippen LogP contribution in [-0.2, 0) is 11.3 Å². The summed E-state index contributed by atoms with van der Waals surface area (Å²) in [6.45, 7) is 3.91. The summed E-state index contributed by atoms with van der Waals surface area (Å²) in [7, 11) is 0. The van der Waals surface area contributed by atoms with E-state index < -0.39 is 5.60 Å². The highest BCUT2D eigenvalue weighted by molar-refractivity contribution is 9.10. The van der Waals surface area contributed by atoms with Crippen LogP contribution < -0.4 is 5.32 Å². The van der Waals surface area contributed by atoms with Crippen LogP contribution in [0.1, 0.15) is 30.3 Å². The first kappa shape index (κ1) is 14.6. The van der Waals surface area contributed by atoms with E-state index in [4.69, 9.17) is 4.74 Å². The fraction of sp³-hybridized carbons (Fsp3) is 0.615. The molecule has 2 N–H and O–H groups in total. The largest absolute Gasteiger partial charge is 0.386 e. The van der Waals surface area contributed by atoms with Crippen LogP contribution >= 0.6 is 15.9 Å². The van der Waals surface area contributed by atoms with Crippen LogP contribution in [-0.4, -0.2) is 40.9 Å². The van der Waals surface area contributed by atoms with Crippen molar-refractivity contribution < 1.29 is 14.6 Å². The summed E-state index contributed by atoms with van der Waals surface area (Å²) in [6, 6.07) is 1.79. The number of ether oxygens (including phenoxy) is 1. The van der Waals surface area contributed by atoms with Crippen molar-refractivity contribution in [3.05, 3.63) is 22.4 Å². The molecule has 1 saturated heterocycles. The lowest BCUT2D eigenvalue weighted by Crippen LogP contribution is -2.43. The molecule has 1 unspecified atom stereocenters. The highest BCUT2D eigenvalue weighted by Crippen LogP contribution is 2.18. The normalized spacial score (nSPS) is 22.7. The second-order valence-corrected chi connectivity index (χ2v) is 5.86. The zero-order chi connectivity index (χ0) is 13.9. The molecule has 2 heterocycles. The zero-order valence-corrected chi connectivity index (χ0v) is 12.6. The van der Waals surface area contributed by atoms with E-state index in [2.05, 4.69) is 28.2 Å². The second-order valence-electron chi connectivity index (χ2n) is 4.95. The van der Waals surface area contributed by atoms with Gasteiger partial charge in [0.25, 0.3) is 5.91 Å². The highest BCUT2D eigenvalue weighted by Gasteiger charge is 2.32. The van der Waals surface area contributed by atoms with E-state index in [1.807, 2.05) is 10.8 Å². The molecule has 1 atom stereocenters. The molecule has 0 aliphatic carbocycles. The molecule has 5 nitrogen and oxygen atoms in total. The molecule has 1 aliphatic rings. The van der Waals surface area contributed by atoms with Gasteiger partial charge in [0, 0.05) is 36.8 Å². The van der Waals surface area contributed by atoms with E-state index in [0.29, 0.717) is 18.7 Å². The van der Waals surface area contributed by atoms with Crippen LogP contribution in [0.4, 0.5) is 0 Å². The molecule has 0 bridgehead atoms. The molecular weight excluding hydrogens is 312 g/mol. The lowest BCUT2D eigenvalue weighted by molar-refractivity contribution is 0.0263. The van der Waals surface area contributed by atoms with Gasteiger partial charge in [-0.15, -0.1) is 0 Å². The van der Waals surface area contributed by atoms with Gasteiger partial charge in [0.05, 0.1) is 6.61 Å². The number of halogens is 1. The maximum Gasteiger partial charge on any atom is 0.268 e. The van der Waals surface area contributed by atoms with Crippen molar-refractivity contribution in [3.63, 3.8) is 0 Å². The number of aromatic nitrogens is 1. The number of hydrogen-bond acceptors (Lipinski definition) is 3. The molecule has 6 heteroatoms. The topological polar surface area (TPSA) is 63.5 Å². The van der Waals surface area contributed by atoms with Gasteiger partial charge in [0.15, 0.2) is 0 Å². The number of aryl methyl sites for hydroxylation is 1. The Morgan fingerprint density at radius 3 is 3.11 bits per heavy atom. The van der Waals surface area contributed by atoms with Crippen LogP contribution in [0.25, 0.3) is 0 Å². The summed E-state index contributed by atoms with van der Waals surface area (Å²) in [5, 5.41) is 12.9. The van der Waals surface area contributed by atoms with E-state index in [9.17, 15) is 9.90 Å². The Balaban J connectivity index is 1.99. The van der Waals surface area contributed by atoms with Gasteiger partial charge in [0.1, 0.15) is 11.3 Å². The number of carbonyl (C=O) groups excluding carboxylic acids is 1. The third-order valence-corrected chi connectivity index (χ3v) is 3.65. The molecule has 1 amide bonds. The van der Waals surface area contributed by atoms with Crippen molar-refractivity contribution in [2.75, 3.05) is 19.8 Å². The first-order chi connectivity index (χ1) is 9.04. The first-order valence-corrected chi connectivity index (χ1v) is 7.27. The Morgan fingerprint density at radius 2 is 2.47 bits per heavy atom. The van der Waals surface area contributed by atoms with Gasteiger partial charge in [-0.2, -0.15) is 0 Å². The minimum absolute atomic E-state index is 0.167. The Kier molecular flexibility index (Phi) is 4.65. The molecule has 0 saturated carbocycles. The summed E-state index contributed by atoms with van der Waals surface area (Å²) >= 11 is 3.38. The summed E-state index contributed by atoms with van der Waals surface area (Å²) in [5.41, 5.74) is -0.314. The maximum absolute atomic E-state index is 12.1. The molecule has 1 aromatic heterocycles. The van der Waals surface area contributed by atoms with Gasteiger partial charge < -0.3 is 19.7 Å². The van der Waals surface area contributed by atoms with Crippen LogP contribution in [0.15, 0.2) is 16.7 Å². The summed E-state index contributed by atoms with van der Waals surface area (Å²) < 4.78 is 7.95. The molecule has 1 fully saturated rings. The number of rotatable bonds is 5. The Bertz CT molecular complexity index is 453. The van der Waals surface area contributed by atoms with Crippen LogP contribution in [0.2, 0.25) is 0 Å². The SMILES string of the molecule is CCCn1cc(Br)cc1C(=O)NCC1(O)CCOC1. The van der Waals surface area contributed by atoms with E-state index in [0.717, 1.165) is 17.4 Å². The predicted octanol–water partition coefficient (Wildman–Crippen LogP) is 1.54. The Labute approximate surface area is 121 Å². The molecule has 0 spiro atoms. The Morgan fingerprint density at radius 1 is 1.68 bits per heavy atom. The van der Waals surface area contributed by atoms with Crippen LogP contribution in [0.3, 0.4) is 0 Å². The van der Waals surface area contributed by atoms with Crippen molar-refractivity contribution in [2.45, 2.75) is 31.9 Å². The van der Waals surface area contributed by atoms with Crippen molar-refractivity contribution in [3.8, 4) is 0 Å². The van der Waals surface area contributed by atoms with Crippen LogP contribution in [0, 0.1) is 0 Å². The van der Waals surface area contributed by atoms with Gasteiger partial charge in [-0.05, 0) is 28.4 Å². The van der Waals surface area contributed by atoms with Crippen LogP contribution in [0.5, 0.6) is 0 Å². The minimum atomic E-state index is -0.922. The average Bonchev–Trinajstić information content (AvgIpc) is 2.94. The number of aliphatic hydroxyl groups is 1. The monoisotopic (exact) mass is 330 g/mol. The maximum atomic E-state index is 12.1. The third-order valence-electron chi connectivity index (χ3n) is 3.22. The summed E-state index contributed by atoms with van der Waals surface area (Å²) in [4.78, 5) is 12.1. The molecule has 2 rings (SSSR count). The molecule has 0 aromatic carbocycles. The van der Waals surface area contributed by atoms with E-state index >= 15 is 0 Å². The van der Waals surface area contributed by atoms with Crippen molar-refractivity contribution >= 4 is 21.8 Å². The van der Waals surface area contributed by atoms with Gasteiger partial charge in [-0.25, -0.2) is 0 Å². The summed E-state index contributed by atoms with van der Waals surface area (Å²) in [5.74, 6) is -0.167. The van der Waals surface area contributed by atoms with E-state index in [1.165, 1.54) is 0 Å². The zero-order valence-electron chi connectivity index (χ0n) is 11.0. The van der Waals surface area contributed by atoms with Gasteiger partial charge >= 0.3 is 0 Å². The average molecular weight is 331 g/mol. The smallest absolute Gasteiger partial charge is 0.268 e. The fourth-order valence-electron chi connectivity index (χ4n) is 2.16. The standard InChI is InChI=1S/C13H19BrN2O3/c1-2-4-16-7-10(14)6-11(16)12(17)15-8-13(18)3-5-19-9-13/h6-7,18H,2-5,8-9H2,1H3,(H,15,17). The second kappa shape index (κ2) is 6.07. The number of amides is 1. The minimum Gasteiger partial charge on any atom is -0.386 e. The summed E-state index contributed by atoms with van der Waals surface area (Å²) in [6.07, 6.45) is 3.41. The van der Waals surface area contributed by atoms with Gasteiger partial charge in [-0.3, -0.25) is 4.79 Å². The molecule has 19 heavy (non-hydrogen) atoms. The molecule has 106 valence electrons. The first-order valence-electron chi connectivity index (χ1n) is 6.48. The Hall–Kier alpha value is -0.850. The quantitative estimate of drug-likeness (QED) is 0.860. The lowest BCUT2D eigenvalue weighted by Gasteiger charge is -2.20. The van der Waals surface area contributed by atoms with Crippen molar-refractivity contribution in [1.29, 1.82) is 0 Å². The third kappa shape index (κ3) is 3.58. The molecule has 1 aromatic rings. The van der Waals surface area contributed by atoms with Gasteiger partial charge in [-0.1, -0.05) is 6.92 Å². The molecule has 0 radical (unpaired) electrons. The number of hydrogen-bond donors (Lipinski definition) is 2. The van der Waals surface area contributed by atoms with E-state index in [-0.39, 0.29) is 19.1 Å². The van der Waals surface area contributed by atoms with Crippen molar-refractivity contribution in [1.82, 2.24) is 9.88 Å². The lowest BCUT2D eigenvalue weighted by atomic mass is 10.0. The van der Waals surface area contributed by atoms with Gasteiger partial charge in [0.2, 0.25) is 0 Å².